The molecular weight excluding hydrogens is 208 g/mol. The minimum atomic E-state index is -3.06. The molecule has 1 fully saturated rings. The van der Waals surface area contributed by atoms with E-state index in [1.807, 2.05) is 0 Å². The van der Waals surface area contributed by atoms with Crippen LogP contribution in [0.3, 0.4) is 0 Å². The smallest absolute Gasteiger partial charge is 0.236 e. The number of amides is 2. The first-order valence-corrected chi connectivity index (χ1v) is 5.99. The van der Waals surface area contributed by atoms with Crippen LogP contribution in [0.4, 0.5) is 0 Å². The molecule has 7 heteroatoms. The summed E-state index contributed by atoms with van der Waals surface area (Å²) in [4.78, 5) is 21.6. The molecule has 1 saturated heterocycles. The fraction of sp³-hybridized carbons (Fsp3) is 0.714. The number of carbonyl (C=O) groups excluding carboxylic acids is 2. The lowest BCUT2D eigenvalue weighted by Crippen LogP contribution is -2.37. The molecule has 0 radical (unpaired) electrons. The number of hydrogen-bond donors (Lipinski definition) is 2. The highest BCUT2D eigenvalue weighted by Gasteiger charge is 2.32. The van der Waals surface area contributed by atoms with Gasteiger partial charge in [-0.25, -0.2) is 8.42 Å². The summed E-state index contributed by atoms with van der Waals surface area (Å²) >= 11 is 0. The van der Waals surface area contributed by atoms with Crippen LogP contribution in [-0.4, -0.2) is 38.3 Å². The van der Waals surface area contributed by atoms with Gasteiger partial charge in [-0.1, -0.05) is 0 Å². The quantitative estimate of drug-likeness (QED) is 0.575. The number of hydrogen-bond acceptors (Lipinski definition) is 4. The van der Waals surface area contributed by atoms with E-state index in [0.717, 1.165) is 0 Å². The molecule has 1 unspecified atom stereocenters. The normalized spacial score (nSPS) is 24.4. The van der Waals surface area contributed by atoms with Crippen LogP contribution in [0.15, 0.2) is 0 Å². The number of nitrogens with one attached hydrogen (secondary N) is 1. The van der Waals surface area contributed by atoms with Gasteiger partial charge >= 0.3 is 0 Å². The van der Waals surface area contributed by atoms with Crippen molar-refractivity contribution < 1.29 is 18.0 Å². The Morgan fingerprint density at radius 2 is 2.07 bits per heavy atom. The van der Waals surface area contributed by atoms with Crippen LogP contribution in [0.25, 0.3) is 0 Å². The van der Waals surface area contributed by atoms with Crippen LogP contribution >= 0.6 is 0 Å². The zero-order chi connectivity index (χ0) is 10.8. The fourth-order valence-electron chi connectivity index (χ4n) is 1.32. The molecule has 1 heterocycles. The maximum atomic E-state index is 11.3. The molecule has 0 aliphatic carbocycles. The average molecular weight is 220 g/mol. The maximum absolute atomic E-state index is 11.3. The number of primary amides is 1. The van der Waals surface area contributed by atoms with Gasteiger partial charge in [0, 0.05) is 0 Å². The van der Waals surface area contributed by atoms with Crippen LogP contribution in [0.5, 0.6) is 0 Å². The lowest BCUT2D eigenvalue weighted by Gasteiger charge is -2.06. The molecule has 1 atom stereocenters. The topological polar surface area (TPSA) is 106 Å². The third kappa shape index (κ3) is 2.99. The predicted octanol–water partition coefficient (Wildman–Crippen LogP) is -1.98. The Balaban J connectivity index is 2.44. The van der Waals surface area contributed by atoms with Gasteiger partial charge in [-0.05, 0) is 6.42 Å². The second-order valence-electron chi connectivity index (χ2n) is 3.28. The number of sulfone groups is 1. The summed E-state index contributed by atoms with van der Waals surface area (Å²) in [7, 11) is -3.06. The van der Waals surface area contributed by atoms with Crippen LogP contribution in [0.2, 0.25) is 0 Å². The summed E-state index contributed by atoms with van der Waals surface area (Å²) in [5.74, 6) is -1.66. The Labute approximate surface area is 81.8 Å². The van der Waals surface area contributed by atoms with Gasteiger partial charge in [0.25, 0.3) is 0 Å². The summed E-state index contributed by atoms with van der Waals surface area (Å²) in [5.41, 5.74) is 4.82. The Bertz CT molecular complexity index is 349. The first kappa shape index (κ1) is 11.0. The molecule has 0 aromatic carbocycles. The van der Waals surface area contributed by atoms with Crippen molar-refractivity contribution in [3.05, 3.63) is 0 Å². The van der Waals surface area contributed by atoms with E-state index in [2.05, 4.69) is 5.32 Å². The van der Waals surface area contributed by atoms with Gasteiger partial charge in [0.1, 0.15) is 0 Å². The van der Waals surface area contributed by atoms with E-state index < -0.39 is 27.6 Å². The van der Waals surface area contributed by atoms with Gasteiger partial charge in [0.2, 0.25) is 11.8 Å². The predicted molar refractivity (Wildman–Crippen MR) is 49.0 cm³/mol. The van der Waals surface area contributed by atoms with Crippen molar-refractivity contribution in [1.82, 2.24) is 5.32 Å². The molecule has 0 spiro atoms. The van der Waals surface area contributed by atoms with Crippen molar-refractivity contribution >= 4 is 21.7 Å². The highest BCUT2D eigenvalue weighted by molar-refractivity contribution is 7.91. The standard InChI is InChI=1S/C7H12N2O4S/c8-6(10)3-9-7(11)5-1-2-14(12,13)4-5/h5H,1-4H2,(H2,8,10)(H,9,11). The van der Waals surface area contributed by atoms with Gasteiger partial charge < -0.3 is 11.1 Å². The molecule has 6 nitrogen and oxygen atoms in total. The van der Waals surface area contributed by atoms with E-state index in [1.165, 1.54) is 0 Å². The van der Waals surface area contributed by atoms with E-state index >= 15 is 0 Å². The van der Waals surface area contributed by atoms with Crippen LogP contribution < -0.4 is 11.1 Å². The Kier molecular flexibility index (Phi) is 3.10. The molecule has 1 aliphatic rings. The molecule has 0 aromatic rings. The van der Waals surface area contributed by atoms with E-state index in [4.69, 9.17) is 5.73 Å². The molecule has 80 valence electrons. The van der Waals surface area contributed by atoms with Gasteiger partial charge in [-0.2, -0.15) is 0 Å². The maximum Gasteiger partial charge on any atom is 0.236 e. The SMILES string of the molecule is NC(=O)CNC(=O)C1CCS(=O)(=O)C1. The molecule has 0 aromatic heterocycles. The van der Waals surface area contributed by atoms with Gasteiger partial charge in [-0.3, -0.25) is 9.59 Å². The molecule has 2 amide bonds. The lowest BCUT2D eigenvalue weighted by atomic mass is 10.1. The molecule has 3 N–H and O–H groups in total. The van der Waals surface area contributed by atoms with Crippen molar-refractivity contribution in [2.24, 2.45) is 11.7 Å². The molecule has 0 saturated carbocycles. The number of rotatable bonds is 3. The van der Waals surface area contributed by atoms with Crippen LogP contribution in [-0.2, 0) is 19.4 Å². The van der Waals surface area contributed by atoms with Crippen LogP contribution in [0, 0.1) is 5.92 Å². The monoisotopic (exact) mass is 220 g/mol. The number of carbonyl (C=O) groups is 2. The van der Waals surface area contributed by atoms with Crippen molar-refractivity contribution in [3.63, 3.8) is 0 Å². The highest BCUT2D eigenvalue weighted by atomic mass is 32.2. The zero-order valence-corrected chi connectivity index (χ0v) is 8.34. The van der Waals surface area contributed by atoms with E-state index in [9.17, 15) is 18.0 Å². The van der Waals surface area contributed by atoms with E-state index in [-0.39, 0.29) is 18.1 Å². The molecular formula is C7H12N2O4S. The van der Waals surface area contributed by atoms with Crippen molar-refractivity contribution in [1.29, 1.82) is 0 Å². The highest BCUT2D eigenvalue weighted by Crippen LogP contribution is 2.17. The van der Waals surface area contributed by atoms with Crippen molar-refractivity contribution in [2.45, 2.75) is 6.42 Å². The van der Waals surface area contributed by atoms with Crippen molar-refractivity contribution in [2.75, 3.05) is 18.1 Å². The first-order chi connectivity index (χ1) is 6.41. The van der Waals surface area contributed by atoms with Gasteiger partial charge in [0.05, 0.1) is 24.0 Å². The summed E-state index contributed by atoms with van der Waals surface area (Å²) in [5, 5.41) is 2.28. The lowest BCUT2D eigenvalue weighted by molar-refractivity contribution is -0.127. The average Bonchev–Trinajstić information content (AvgIpc) is 2.41. The zero-order valence-electron chi connectivity index (χ0n) is 7.52. The summed E-state index contributed by atoms with van der Waals surface area (Å²) in [6, 6.07) is 0. The van der Waals surface area contributed by atoms with E-state index in [0.29, 0.717) is 6.42 Å². The summed E-state index contributed by atoms with van der Waals surface area (Å²) < 4.78 is 22.0. The van der Waals surface area contributed by atoms with Crippen molar-refractivity contribution in [3.8, 4) is 0 Å². The molecule has 14 heavy (non-hydrogen) atoms. The third-order valence-electron chi connectivity index (χ3n) is 2.04. The Hall–Kier alpha value is -1.11. The van der Waals surface area contributed by atoms with Gasteiger partial charge in [-0.15, -0.1) is 0 Å². The third-order valence-corrected chi connectivity index (χ3v) is 3.81. The Morgan fingerprint density at radius 1 is 1.43 bits per heavy atom. The molecule has 0 bridgehead atoms. The van der Waals surface area contributed by atoms with Gasteiger partial charge in [0.15, 0.2) is 9.84 Å². The largest absolute Gasteiger partial charge is 0.368 e. The minimum Gasteiger partial charge on any atom is -0.368 e. The number of nitrogens with two attached hydrogens (primary N) is 1. The fourth-order valence-corrected chi connectivity index (χ4v) is 3.06. The minimum absolute atomic E-state index is 0.0433. The summed E-state index contributed by atoms with van der Waals surface area (Å²) in [6.45, 7) is -0.241. The second-order valence-corrected chi connectivity index (χ2v) is 5.51. The molecule has 1 rings (SSSR count). The molecule has 1 aliphatic heterocycles. The summed E-state index contributed by atoms with van der Waals surface area (Å²) in [6.07, 6.45) is 0.326. The Morgan fingerprint density at radius 3 is 2.50 bits per heavy atom. The second kappa shape index (κ2) is 3.95. The van der Waals surface area contributed by atoms with Crippen LogP contribution in [0.1, 0.15) is 6.42 Å². The first-order valence-electron chi connectivity index (χ1n) is 4.17. The van der Waals surface area contributed by atoms with E-state index in [1.54, 1.807) is 0 Å².